The lowest BCUT2D eigenvalue weighted by atomic mass is 9.84. The van der Waals surface area contributed by atoms with Gasteiger partial charge < -0.3 is 15.4 Å². The summed E-state index contributed by atoms with van der Waals surface area (Å²) in [6, 6.07) is 30.9. The van der Waals surface area contributed by atoms with E-state index in [-0.39, 0.29) is 17.8 Å². The number of carbonyl (C=O) groups excluding carboxylic acids is 2. The van der Waals surface area contributed by atoms with Crippen molar-refractivity contribution in [2.45, 2.75) is 22.5 Å². The second kappa shape index (κ2) is 14.5. The monoisotopic (exact) mass is 584 g/mol. The van der Waals surface area contributed by atoms with Gasteiger partial charge in [-0.05, 0) is 23.1 Å². The van der Waals surface area contributed by atoms with Crippen LogP contribution < -0.4 is 10.6 Å². The molecule has 42 heavy (non-hydrogen) atoms. The van der Waals surface area contributed by atoms with Gasteiger partial charge in [-0.1, -0.05) is 104 Å². The molecule has 0 radical (unpaired) electrons. The van der Waals surface area contributed by atoms with E-state index in [9.17, 15) is 9.59 Å². The summed E-state index contributed by atoms with van der Waals surface area (Å²) in [5, 5.41) is 6.45. The Morgan fingerprint density at radius 3 is 2.00 bits per heavy atom. The summed E-state index contributed by atoms with van der Waals surface area (Å²) in [4.78, 5) is 30.7. The molecule has 2 N–H and O–H groups in total. The maximum atomic E-state index is 13.6. The molecule has 0 aromatic heterocycles. The number of rotatable bonds is 11. The van der Waals surface area contributed by atoms with Gasteiger partial charge in [0, 0.05) is 51.1 Å². The standard InChI is InChI=1S/C34H40N4O3S/c1-2-24-41-33(40)38-26-30(25-31(38)32(39)36-20-23-37-21-18-35-19-22-37)42-34(27-12-6-3-7-13-27,28-14-8-4-9-15-28)29-16-10-5-11-17-29/h2-17,30-31,35H,1,18-26H2,(H,36,39)/t30-,31-/m0/s1. The van der Waals surface area contributed by atoms with E-state index in [0.717, 1.165) is 49.4 Å². The third-order valence-corrected chi connectivity index (χ3v) is 9.68. The van der Waals surface area contributed by atoms with E-state index in [1.807, 2.05) is 30.0 Å². The van der Waals surface area contributed by atoms with Crippen LogP contribution in [0.3, 0.4) is 0 Å². The highest BCUT2D eigenvalue weighted by molar-refractivity contribution is 8.01. The Labute approximate surface area is 253 Å². The maximum absolute atomic E-state index is 13.6. The van der Waals surface area contributed by atoms with Crippen LogP contribution in [0.25, 0.3) is 0 Å². The van der Waals surface area contributed by atoms with Crippen molar-refractivity contribution in [3.63, 3.8) is 0 Å². The number of ether oxygens (including phenoxy) is 1. The fourth-order valence-corrected chi connectivity index (χ4v) is 7.74. The van der Waals surface area contributed by atoms with Crippen molar-refractivity contribution in [2.75, 3.05) is 52.4 Å². The number of hydrogen-bond donors (Lipinski definition) is 2. The second-order valence-electron chi connectivity index (χ2n) is 10.7. The molecule has 0 aliphatic carbocycles. The molecule has 2 aliphatic rings. The zero-order valence-corrected chi connectivity index (χ0v) is 24.8. The lowest BCUT2D eigenvalue weighted by molar-refractivity contribution is -0.125. The van der Waals surface area contributed by atoms with E-state index in [2.05, 4.69) is 94.9 Å². The van der Waals surface area contributed by atoms with Crippen molar-refractivity contribution in [1.29, 1.82) is 0 Å². The summed E-state index contributed by atoms with van der Waals surface area (Å²) in [5.41, 5.74) is 3.45. The van der Waals surface area contributed by atoms with Gasteiger partial charge in [0.1, 0.15) is 12.6 Å². The number of nitrogens with zero attached hydrogens (tertiary/aromatic N) is 2. The quantitative estimate of drug-likeness (QED) is 0.256. The minimum absolute atomic E-state index is 0.0224. The highest BCUT2D eigenvalue weighted by Crippen LogP contribution is 2.52. The maximum Gasteiger partial charge on any atom is 0.410 e. The third kappa shape index (κ3) is 6.89. The van der Waals surface area contributed by atoms with Crippen LogP contribution in [0.15, 0.2) is 104 Å². The summed E-state index contributed by atoms with van der Waals surface area (Å²) >= 11 is 1.81. The number of thioether (sulfide) groups is 1. The number of hydrogen-bond acceptors (Lipinski definition) is 6. The molecule has 0 unspecified atom stereocenters. The normalized spacial score (nSPS) is 19.3. The largest absolute Gasteiger partial charge is 0.445 e. The van der Waals surface area contributed by atoms with Crippen LogP contribution in [-0.2, 0) is 14.3 Å². The van der Waals surface area contributed by atoms with Crippen molar-refractivity contribution >= 4 is 23.8 Å². The van der Waals surface area contributed by atoms with E-state index in [0.29, 0.717) is 19.5 Å². The molecule has 2 saturated heterocycles. The molecule has 2 amide bonds. The van der Waals surface area contributed by atoms with E-state index in [1.165, 1.54) is 0 Å². The van der Waals surface area contributed by atoms with E-state index in [1.54, 1.807) is 11.0 Å². The molecule has 2 fully saturated rings. The Balaban J connectivity index is 1.43. The summed E-state index contributed by atoms with van der Waals surface area (Å²) in [7, 11) is 0. The molecule has 2 aliphatic heterocycles. The second-order valence-corrected chi connectivity index (χ2v) is 12.2. The van der Waals surface area contributed by atoms with Gasteiger partial charge in [-0.2, -0.15) is 0 Å². The molecule has 0 saturated carbocycles. The first kappa shape index (κ1) is 29.9. The number of likely N-dealkylation sites (tertiary alicyclic amines) is 1. The highest BCUT2D eigenvalue weighted by Gasteiger charge is 2.46. The predicted octanol–water partition coefficient (Wildman–Crippen LogP) is 4.50. The van der Waals surface area contributed by atoms with Gasteiger partial charge in [-0.25, -0.2) is 4.79 Å². The molecule has 0 bridgehead atoms. The lowest BCUT2D eigenvalue weighted by Gasteiger charge is -2.37. The van der Waals surface area contributed by atoms with Gasteiger partial charge in [0.15, 0.2) is 0 Å². The number of carbonyl (C=O) groups is 2. The van der Waals surface area contributed by atoms with Crippen molar-refractivity contribution < 1.29 is 14.3 Å². The van der Waals surface area contributed by atoms with Crippen LogP contribution in [0.4, 0.5) is 4.79 Å². The minimum Gasteiger partial charge on any atom is -0.445 e. The van der Waals surface area contributed by atoms with Crippen molar-refractivity contribution in [1.82, 2.24) is 20.4 Å². The van der Waals surface area contributed by atoms with Gasteiger partial charge in [-0.15, -0.1) is 11.8 Å². The highest BCUT2D eigenvalue weighted by atomic mass is 32.2. The number of amides is 2. The average molecular weight is 585 g/mol. The molecular formula is C34H40N4O3S. The van der Waals surface area contributed by atoms with Crippen LogP contribution in [-0.4, -0.2) is 85.5 Å². The fourth-order valence-electron chi connectivity index (χ4n) is 5.91. The van der Waals surface area contributed by atoms with Crippen molar-refractivity contribution in [3.8, 4) is 0 Å². The van der Waals surface area contributed by atoms with Crippen LogP contribution in [0.5, 0.6) is 0 Å². The van der Waals surface area contributed by atoms with Crippen LogP contribution >= 0.6 is 11.8 Å². The first-order valence-electron chi connectivity index (χ1n) is 14.7. The van der Waals surface area contributed by atoms with Crippen molar-refractivity contribution in [2.24, 2.45) is 0 Å². The molecular weight excluding hydrogens is 544 g/mol. The molecule has 8 heteroatoms. The summed E-state index contributed by atoms with van der Waals surface area (Å²) in [6.07, 6.45) is 1.60. The zero-order valence-electron chi connectivity index (χ0n) is 24.0. The molecule has 7 nitrogen and oxygen atoms in total. The zero-order chi connectivity index (χ0) is 29.2. The van der Waals surface area contributed by atoms with Gasteiger partial charge in [-0.3, -0.25) is 14.6 Å². The molecule has 2 atom stereocenters. The smallest absolute Gasteiger partial charge is 0.410 e. The first-order valence-corrected chi connectivity index (χ1v) is 15.6. The Kier molecular flexibility index (Phi) is 10.3. The molecule has 3 aromatic carbocycles. The SMILES string of the molecule is C=CCOC(=O)N1C[C@@H](SC(c2ccccc2)(c2ccccc2)c2ccccc2)C[C@H]1C(=O)NCCN1CCNCC1. The lowest BCUT2D eigenvalue weighted by Crippen LogP contribution is -2.49. The number of piperazine rings is 1. The Morgan fingerprint density at radius 2 is 1.48 bits per heavy atom. The van der Waals surface area contributed by atoms with Crippen LogP contribution in [0, 0.1) is 0 Å². The Bertz CT molecular complexity index is 1210. The first-order chi connectivity index (χ1) is 20.6. The summed E-state index contributed by atoms with van der Waals surface area (Å²) < 4.78 is 4.91. The minimum atomic E-state index is -0.608. The third-order valence-electron chi connectivity index (χ3n) is 7.95. The van der Waals surface area contributed by atoms with Gasteiger partial charge in [0.05, 0.1) is 4.75 Å². The van der Waals surface area contributed by atoms with E-state index < -0.39 is 16.9 Å². The predicted molar refractivity (Wildman–Crippen MR) is 170 cm³/mol. The average Bonchev–Trinajstić information content (AvgIpc) is 3.48. The van der Waals surface area contributed by atoms with Gasteiger partial charge in [0.25, 0.3) is 0 Å². The number of nitrogens with one attached hydrogen (secondary N) is 2. The molecule has 220 valence electrons. The Morgan fingerprint density at radius 1 is 0.929 bits per heavy atom. The molecule has 2 heterocycles. The summed E-state index contributed by atoms with van der Waals surface area (Å²) in [6.45, 7) is 9.39. The molecule has 0 spiro atoms. The molecule has 3 aromatic rings. The Hall–Kier alpha value is -3.59. The van der Waals surface area contributed by atoms with Crippen molar-refractivity contribution in [3.05, 3.63) is 120 Å². The topological polar surface area (TPSA) is 73.9 Å². The van der Waals surface area contributed by atoms with Gasteiger partial charge >= 0.3 is 6.09 Å². The van der Waals surface area contributed by atoms with Crippen LogP contribution in [0.1, 0.15) is 23.1 Å². The fraction of sp³-hybridized carbons (Fsp3) is 0.353. The molecule has 5 rings (SSSR count). The van der Waals surface area contributed by atoms with Crippen LogP contribution in [0.2, 0.25) is 0 Å². The van der Waals surface area contributed by atoms with E-state index >= 15 is 0 Å². The number of benzene rings is 3. The van der Waals surface area contributed by atoms with E-state index in [4.69, 9.17) is 4.74 Å². The summed E-state index contributed by atoms with van der Waals surface area (Å²) in [5.74, 6) is -0.131. The van der Waals surface area contributed by atoms with Gasteiger partial charge in [0.2, 0.25) is 5.91 Å².